The Morgan fingerprint density at radius 2 is 1.72 bits per heavy atom. The van der Waals surface area contributed by atoms with Crippen LogP contribution in [-0.2, 0) is 13.1 Å². The lowest BCUT2D eigenvalue weighted by Crippen LogP contribution is -2.31. The maximum absolute atomic E-state index is 5.36. The molecule has 0 amide bonds. The highest BCUT2D eigenvalue weighted by Crippen LogP contribution is 2.27. The summed E-state index contributed by atoms with van der Waals surface area (Å²) in [7, 11) is 3.25. The molecule has 1 N–H and O–H groups in total. The van der Waals surface area contributed by atoms with E-state index >= 15 is 0 Å². The summed E-state index contributed by atoms with van der Waals surface area (Å²) < 4.78 is 10.6. The van der Waals surface area contributed by atoms with Gasteiger partial charge < -0.3 is 19.7 Å². The fourth-order valence-electron chi connectivity index (χ4n) is 2.99. The number of aromatic nitrogens is 3. The van der Waals surface area contributed by atoms with Gasteiger partial charge in [-0.05, 0) is 37.1 Å². The molecule has 0 unspecified atom stereocenters. The van der Waals surface area contributed by atoms with Crippen LogP contribution in [0.5, 0.6) is 11.5 Å². The molecule has 0 spiro atoms. The lowest BCUT2D eigenvalue weighted by Gasteiger charge is -2.27. The highest BCUT2D eigenvalue weighted by Gasteiger charge is 2.14. The number of hydrogen-bond acceptors (Lipinski definition) is 7. The van der Waals surface area contributed by atoms with Gasteiger partial charge in [0.05, 0.1) is 20.4 Å². The average molecular weight is 393 g/mol. The molecule has 0 saturated carbocycles. The molecule has 152 valence electrons. The maximum atomic E-state index is 5.36. The number of benzene rings is 2. The topological polar surface area (TPSA) is 72.4 Å². The molecule has 0 saturated heterocycles. The van der Waals surface area contributed by atoms with Gasteiger partial charge >= 0.3 is 0 Å². The third kappa shape index (κ3) is 5.34. The van der Waals surface area contributed by atoms with Gasteiger partial charge in [-0.1, -0.05) is 36.4 Å². The van der Waals surface area contributed by atoms with Gasteiger partial charge in [-0.25, -0.2) is 0 Å². The summed E-state index contributed by atoms with van der Waals surface area (Å²) in [5.74, 6) is 2.66. The van der Waals surface area contributed by atoms with E-state index in [4.69, 9.17) is 9.47 Å². The summed E-state index contributed by atoms with van der Waals surface area (Å²) in [5.41, 5.74) is 2.25. The van der Waals surface area contributed by atoms with Crippen LogP contribution in [-0.4, -0.2) is 35.4 Å². The number of nitrogens with zero attached hydrogens (tertiary/aromatic N) is 4. The Balaban J connectivity index is 1.73. The largest absolute Gasteiger partial charge is 0.493 e. The molecule has 0 bridgehead atoms. The first-order valence-corrected chi connectivity index (χ1v) is 9.55. The Morgan fingerprint density at radius 3 is 2.41 bits per heavy atom. The number of methoxy groups -OCH3 is 2. The van der Waals surface area contributed by atoms with Crippen molar-refractivity contribution in [2.75, 3.05) is 24.4 Å². The van der Waals surface area contributed by atoms with Crippen LogP contribution < -0.4 is 19.7 Å². The lowest BCUT2D eigenvalue weighted by molar-refractivity contribution is 0.354. The zero-order valence-electron chi connectivity index (χ0n) is 17.3. The predicted octanol–water partition coefficient (Wildman–Crippen LogP) is 3.92. The minimum absolute atomic E-state index is 0.269. The molecule has 0 atom stereocenters. The number of anilines is 2. The molecular weight excluding hydrogens is 366 g/mol. The number of ether oxygens (including phenoxy) is 2. The van der Waals surface area contributed by atoms with Gasteiger partial charge in [-0.15, -0.1) is 5.10 Å². The molecular formula is C22H27N5O2. The molecule has 3 aromatic rings. The van der Waals surface area contributed by atoms with Crippen molar-refractivity contribution in [3.8, 4) is 11.5 Å². The second-order valence-electron chi connectivity index (χ2n) is 6.89. The van der Waals surface area contributed by atoms with Crippen molar-refractivity contribution in [2.24, 2.45) is 0 Å². The van der Waals surface area contributed by atoms with Gasteiger partial charge in [0.1, 0.15) is 0 Å². The van der Waals surface area contributed by atoms with Gasteiger partial charge in [0.15, 0.2) is 17.3 Å². The van der Waals surface area contributed by atoms with E-state index in [1.807, 2.05) is 36.4 Å². The Morgan fingerprint density at radius 1 is 0.966 bits per heavy atom. The smallest absolute Gasteiger partial charge is 0.244 e. The van der Waals surface area contributed by atoms with E-state index in [9.17, 15) is 0 Å². The van der Waals surface area contributed by atoms with Crippen LogP contribution in [0.3, 0.4) is 0 Å². The van der Waals surface area contributed by atoms with Crippen molar-refractivity contribution in [2.45, 2.75) is 33.0 Å². The van der Waals surface area contributed by atoms with Gasteiger partial charge in [-0.3, -0.25) is 0 Å². The van der Waals surface area contributed by atoms with Crippen molar-refractivity contribution < 1.29 is 9.47 Å². The zero-order valence-corrected chi connectivity index (χ0v) is 17.3. The predicted molar refractivity (Wildman–Crippen MR) is 114 cm³/mol. The molecule has 2 aromatic carbocycles. The number of rotatable bonds is 9. The van der Waals surface area contributed by atoms with E-state index < -0.39 is 0 Å². The summed E-state index contributed by atoms with van der Waals surface area (Å²) in [6.07, 6.45) is 1.70. The minimum atomic E-state index is 0.269. The van der Waals surface area contributed by atoms with Crippen LogP contribution in [0.2, 0.25) is 0 Å². The van der Waals surface area contributed by atoms with Crippen molar-refractivity contribution in [1.82, 2.24) is 15.2 Å². The highest BCUT2D eigenvalue weighted by molar-refractivity contribution is 5.45. The molecule has 0 aliphatic rings. The van der Waals surface area contributed by atoms with E-state index in [0.29, 0.717) is 24.0 Å². The standard InChI is InChI=1S/C22H27N5O2/c1-16(2)27(15-17-8-6-5-7-9-17)21-14-24-26-22(25-21)23-13-18-10-11-19(28-3)20(12-18)29-4/h5-12,14,16H,13,15H2,1-4H3,(H,23,25,26). The second-order valence-corrected chi connectivity index (χ2v) is 6.89. The van der Waals surface area contributed by atoms with Crippen LogP contribution in [0.15, 0.2) is 54.7 Å². The SMILES string of the molecule is COc1ccc(CNc2nncc(N(Cc3ccccc3)C(C)C)n2)cc1OC. The van der Waals surface area contributed by atoms with Gasteiger partial charge in [0.2, 0.25) is 5.95 Å². The molecule has 29 heavy (non-hydrogen) atoms. The summed E-state index contributed by atoms with van der Waals surface area (Å²) in [4.78, 5) is 6.87. The van der Waals surface area contributed by atoms with Crippen LogP contribution in [0.1, 0.15) is 25.0 Å². The number of nitrogens with one attached hydrogen (secondary N) is 1. The van der Waals surface area contributed by atoms with Crippen molar-refractivity contribution >= 4 is 11.8 Å². The zero-order chi connectivity index (χ0) is 20.6. The van der Waals surface area contributed by atoms with Crippen LogP contribution >= 0.6 is 0 Å². The molecule has 0 aliphatic carbocycles. The summed E-state index contributed by atoms with van der Waals surface area (Å²) in [5, 5.41) is 11.5. The molecule has 7 heteroatoms. The first-order valence-electron chi connectivity index (χ1n) is 9.55. The van der Waals surface area contributed by atoms with E-state index in [2.05, 4.69) is 51.4 Å². The summed E-state index contributed by atoms with van der Waals surface area (Å²) in [6.45, 7) is 5.59. The quantitative estimate of drug-likeness (QED) is 0.591. The van der Waals surface area contributed by atoms with Crippen molar-refractivity contribution in [3.63, 3.8) is 0 Å². The fourth-order valence-corrected chi connectivity index (χ4v) is 2.99. The minimum Gasteiger partial charge on any atom is -0.493 e. The molecule has 7 nitrogen and oxygen atoms in total. The Labute approximate surface area is 171 Å². The third-order valence-corrected chi connectivity index (χ3v) is 4.56. The molecule has 1 heterocycles. The Kier molecular flexibility index (Phi) is 6.84. The number of hydrogen-bond donors (Lipinski definition) is 1. The average Bonchev–Trinajstić information content (AvgIpc) is 2.76. The Bertz CT molecular complexity index is 918. The maximum Gasteiger partial charge on any atom is 0.244 e. The van der Waals surface area contributed by atoms with E-state index in [-0.39, 0.29) is 6.04 Å². The first-order chi connectivity index (χ1) is 14.1. The van der Waals surface area contributed by atoms with Gasteiger partial charge in [0, 0.05) is 19.1 Å². The van der Waals surface area contributed by atoms with Gasteiger partial charge in [0.25, 0.3) is 0 Å². The monoisotopic (exact) mass is 393 g/mol. The first kappa shape index (κ1) is 20.4. The fraction of sp³-hybridized carbons (Fsp3) is 0.318. The van der Waals surface area contributed by atoms with Crippen molar-refractivity contribution in [1.29, 1.82) is 0 Å². The van der Waals surface area contributed by atoms with Crippen LogP contribution in [0, 0.1) is 0 Å². The van der Waals surface area contributed by atoms with E-state index in [1.54, 1.807) is 20.4 Å². The summed E-state index contributed by atoms with van der Waals surface area (Å²) in [6, 6.07) is 16.4. The third-order valence-electron chi connectivity index (χ3n) is 4.56. The molecule has 0 aliphatic heterocycles. The molecule has 0 fully saturated rings. The normalized spacial score (nSPS) is 10.7. The molecule has 3 rings (SSSR count). The Hall–Kier alpha value is -3.35. The van der Waals surface area contributed by atoms with Crippen LogP contribution in [0.25, 0.3) is 0 Å². The van der Waals surface area contributed by atoms with E-state index in [1.165, 1.54) is 5.56 Å². The highest BCUT2D eigenvalue weighted by atomic mass is 16.5. The van der Waals surface area contributed by atoms with Gasteiger partial charge in [-0.2, -0.15) is 10.1 Å². The molecule has 1 aromatic heterocycles. The van der Waals surface area contributed by atoms with E-state index in [0.717, 1.165) is 17.9 Å². The summed E-state index contributed by atoms with van der Waals surface area (Å²) >= 11 is 0. The van der Waals surface area contributed by atoms with Crippen LogP contribution in [0.4, 0.5) is 11.8 Å². The molecule has 0 radical (unpaired) electrons. The van der Waals surface area contributed by atoms with Crippen molar-refractivity contribution in [3.05, 3.63) is 65.9 Å². The lowest BCUT2D eigenvalue weighted by atomic mass is 10.2. The second kappa shape index (κ2) is 9.73.